The van der Waals surface area contributed by atoms with Crippen molar-refractivity contribution in [3.63, 3.8) is 0 Å². The number of fused-ring (bicyclic) bond motifs is 1. The quantitative estimate of drug-likeness (QED) is 0.555. The van der Waals surface area contributed by atoms with E-state index in [1.807, 2.05) is 24.3 Å². The van der Waals surface area contributed by atoms with E-state index < -0.39 is 14.9 Å². The zero-order valence-electron chi connectivity index (χ0n) is 13.2. The van der Waals surface area contributed by atoms with Gasteiger partial charge in [0.2, 0.25) is 0 Å². The van der Waals surface area contributed by atoms with Crippen LogP contribution in [0.2, 0.25) is 0 Å². The largest absolute Gasteiger partial charge is 0.495 e. The van der Waals surface area contributed by atoms with Crippen LogP contribution in [0.1, 0.15) is 0 Å². The summed E-state index contributed by atoms with van der Waals surface area (Å²) in [5, 5.41) is 12.8. The number of hydrogen-bond donors (Lipinski definition) is 1. The number of sulfonamides is 1. The molecule has 0 aromatic heterocycles. The van der Waals surface area contributed by atoms with Gasteiger partial charge in [0.15, 0.2) is 0 Å². The van der Waals surface area contributed by atoms with Gasteiger partial charge in [-0.25, -0.2) is 8.42 Å². The monoisotopic (exact) mass is 358 g/mol. The smallest absolute Gasteiger partial charge is 0.271 e. The molecule has 3 aromatic carbocycles. The van der Waals surface area contributed by atoms with E-state index in [1.165, 1.54) is 19.2 Å². The second kappa shape index (κ2) is 6.40. The van der Waals surface area contributed by atoms with Gasteiger partial charge in [0, 0.05) is 17.8 Å². The highest BCUT2D eigenvalue weighted by Gasteiger charge is 2.23. The van der Waals surface area contributed by atoms with Gasteiger partial charge in [-0.05, 0) is 29.0 Å². The molecule has 0 heterocycles. The third kappa shape index (κ3) is 3.38. The summed E-state index contributed by atoms with van der Waals surface area (Å²) < 4.78 is 32.8. The van der Waals surface area contributed by atoms with Crippen LogP contribution in [0.3, 0.4) is 0 Å². The molecular weight excluding hydrogens is 344 g/mol. The van der Waals surface area contributed by atoms with Crippen molar-refractivity contribution in [1.29, 1.82) is 0 Å². The number of rotatable bonds is 5. The van der Waals surface area contributed by atoms with Gasteiger partial charge in [-0.1, -0.05) is 30.3 Å². The van der Waals surface area contributed by atoms with Crippen LogP contribution in [-0.2, 0) is 10.0 Å². The Labute approximate surface area is 144 Å². The van der Waals surface area contributed by atoms with E-state index in [9.17, 15) is 18.5 Å². The lowest BCUT2D eigenvalue weighted by Crippen LogP contribution is -2.14. The fourth-order valence-electron chi connectivity index (χ4n) is 2.45. The normalized spacial score (nSPS) is 11.2. The first-order valence-corrected chi connectivity index (χ1v) is 8.73. The minimum Gasteiger partial charge on any atom is -0.495 e. The number of ether oxygens (including phenoxy) is 1. The maximum absolute atomic E-state index is 12.7. The van der Waals surface area contributed by atoms with Gasteiger partial charge in [-0.3, -0.25) is 14.8 Å². The van der Waals surface area contributed by atoms with Crippen LogP contribution in [0, 0.1) is 10.1 Å². The molecule has 0 fully saturated rings. The highest BCUT2D eigenvalue weighted by molar-refractivity contribution is 7.92. The number of benzene rings is 3. The summed E-state index contributed by atoms with van der Waals surface area (Å²) in [6.07, 6.45) is 0. The van der Waals surface area contributed by atoms with Crippen molar-refractivity contribution in [2.45, 2.75) is 4.90 Å². The molecule has 0 radical (unpaired) electrons. The van der Waals surface area contributed by atoms with Gasteiger partial charge in [0.1, 0.15) is 10.6 Å². The molecule has 0 aliphatic heterocycles. The number of hydrogen-bond acceptors (Lipinski definition) is 5. The molecule has 0 saturated heterocycles. The van der Waals surface area contributed by atoms with Gasteiger partial charge in [-0.15, -0.1) is 0 Å². The summed E-state index contributed by atoms with van der Waals surface area (Å²) in [5.41, 5.74) is 0.0203. The van der Waals surface area contributed by atoms with E-state index in [0.717, 1.165) is 16.8 Å². The minimum absolute atomic E-state index is 0.0267. The number of nitro benzene ring substituents is 1. The summed E-state index contributed by atoms with van der Waals surface area (Å²) in [6.45, 7) is 0. The van der Waals surface area contributed by atoms with Gasteiger partial charge < -0.3 is 4.74 Å². The predicted octanol–water partition coefficient (Wildman–Crippen LogP) is 3.56. The number of methoxy groups -OCH3 is 1. The molecule has 25 heavy (non-hydrogen) atoms. The van der Waals surface area contributed by atoms with E-state index in [4.69, 9.17) is 4.74 Å². The highest BCUT2D eigenvalue weighted by atomic mass is 32.2. The first kappa shape index (κ1) is 16.7. The summed E-state index contributed by atoms with van der Waals surface area (Å²) in [5.74, 6) is 0.0267. The van der Waals surface area contributed by atoms with E-state index >= 15 is 0 Å². The zero-order valence-corrected chi connectivity index (χ0v) is 14.0. The third-order valence-electron chi connectivity index (χ3n) is 3.65. The molecule has 0 saturated carbocycles. The third-order valence-corrected chi connectivity index (χ3v) is 5.05. The van der Waals surface area contributed by atoms with E-state index in [2.05, 4.69) is 4.72 Å². The van der Waals surface area contributed by atoms with E-state index in [0.29, 0.717) is 5.69 Å². The Balaban J connectivity index is 2.03. The fourth-order valence-corrected chi connectivity index (χ4v) is 3.69. The molecule has 8 heteroatoms. The van der Waals surface area contributed by atoms with Crippen molar-refractivity contribution in [2.75, 3.05) is 11.8 Å². The molecule has 3 aromatic rings. The fraction of sp³-hybridized carbons (Fsp3) is 0.0588. The highest BCUT2D eigenvalue weighted by Crippen LogP contribution is 2.30. The van der Waals surface area contributed by atoms with Crippen LogP contribution in [0.5, 0.6) is 5.75 Å². The number of non-ortho nitro benzene ring substituents is 1. The van der Waals surface area contributed by atoms with Crippen LogP contribution < -0.4 is 9.46 Å². The van der Waals surface area contributed by atoms with Gasteiger partial charge in [0.25, 0.3) is 15.7 Å². The van der Waals surface area contributed by atoms with Crippen LogP contribution in [-0.4, -0.2) is 20.5 Å². The van der Waals surface area contributed by atoms with Crippen molar-refractivity contribution in [2.24, 2.45) is 0 Å². The average molecular weight is 358 g/mol. The molecule has 128 valence electrons. The first-order valence-electron chi connectivity index (χ1n) is 7.25. The zero-order chi connectivity index (χ0) is 18.0. The number of nitro groups is 1. The Bertz CT molecular complexity index is 1060. The lowest BCUT2D eigenvalue weighted by atomic mass is 10.1. The van der Waals surface area contributed by atoms with Crippen LogP contribution in [0.25, 0.3) is 10.8 Å². The van der Waals surface area contributed by atoms with Gasteiger partial charge >= 0.3 is 0 Å². The van der Waals surface area contributed by atoms with Gasteiger partial charge in [-0.2, -0.15) is 0 Å². The summed E-state index contributed by atoms with van der Waals surface area (Å²) in [7, 11) is -2.76. The van der Waals surface area contributed by atoms with Crippen LogP contribution >= 0.6 is 0 Å². The van der Waals surface area contributed by atoms with E-state index in [-0.39, 0.29) is 16.3 Å². The molecule has 0 unspecified atom stereocenters. The predicted molar refractivity (Wildman–Crippen MR) is 94.4 cm³/mol. The number of nitrogens with zero attached hydrogens (tertiary/aromatic N) is 1. The van der Waals surface area contributed by atoms with Crippen LogP contribution in [0.15, 0.2) is 65.6 Å². The lowest BCUT2D eigenvalue weighted by Gasteiger charge is -2.12. The second-order valence-corrected chi connectivity index (χ2v) is 6.91. The first-order chi connectivity index (χ1) is 11.9. The molecule has 1 N–H and O–H groups in total. The van der Waals surface area contributed by atoms with Crippen molar-refractivity contribution < 1.29 is 18.1 Å². The van der Waals surface area contributed by atoms with E-state index in [1.54, 1.807) is 18.2 Å². The Morgan fingerprint density at radius 2 is 1.72 bits per heavy atom. The van der Waals surface area contributed by atoms with Crippen molar-refractivity contribution in [3.8, 4) is 5.75 Å². The molecule has 0 spiro atoms. The van der Waals surface area contributed by atoms with Crippen molar-refractivity contribution in [3.05, 3.63) is 70.8 Å². The number of anilines is 1. The Morgan fingerprint density at radius 3 is 2.40 bits per heavy atom. The van der Waals surface area contributed by atoms with Gasteiger partial charge in [0.05, 0.1) is 12.0 Å². The maximum Gasteiger partial charge on any atom is 0.271 e. The average Bonchev–Trinajstić information content (AvgIpc) is 2.60. The molecular formula is C17H14N2O5S. The Hall–Kier alpha value is -3.13. The molecule has 0 aliphatic rings. The molecule has 0 bridgehead atoms. The summed E-state index contributed by atoms with van der Waals surface area (Å²) >= 11 is 0. The lowest BCUT2D eigenvalue weighted by molar-refractivity contribution is -0.385. The Kier molecular flexibility index (Phi) is 4.28. The molecule has 7 nitrogen and oxygen atoms in total. The second-order valence-electron chi connectivity index (χ2n) is 5.26. The number of nitrogens with one attached hydrogen (secondary N) is 1. The topological polar surface area (TPSA) is 98.5 Å². The molecule has 0 aliphatic carbocycles. The van der Waals surface area contributed by atoms with Crippen molar-refractivity contribution in [1.82, 2.24) is 0 Å². The van der Waals surface area contributed by atoms with Crippen LogP contribution in [0.4, 0.5) is 11.4 Å². The van der Waals surface area contributed by atoms with Crippen molar-refractivity contribution >= 4 is 32.2 Å². The Morgan fingerprint density at radius 1 is 1.00 bits per heavy atom. The maximum atomic E-state index is 12.7. The molecule has 0 atom stereocenters. The molecule has 3 rings (SSSR count). The summed E-state index contributed by atoms with van der Waals surface area (Å²) in [6, 6.07) is 16.0. The standard InChI is InChI=1S/C17H14N2O5S/c1-24-16-9-8-15(19(20)21)11-17(16)25(22,23)18-14-7-6-12-4-2-3-5-13(12)10-14/h2-11,18H,1H3. The molecule has 0 amide bonds. The minimum atomic E-state index is -4.06. The summed E-state index contributed by atoms with van der Waals surface area (Å²) in [4.78, 5) is 9.98. The SMILES string of the molecule is COc1ccc([N+](=O)[O-])cc1S(=O)(=O)Nc1ccc2ccccc2c1.